The molecule has 1 amide bonds. The number of hydrogen-bond donors (Lipinski definition) is 1. The van der Waals surface area contributed by atoms with Gasteiger partial charge in [0.25, 0.3) is 11.6 Å². The van der Waals surface area contributed by atoms with Crippen molar-refractivity contribution < 1.29 is 14.5 Å². The molecule has 0 aliphatic rings. The maximum atomic E-state index is 12.6. The van der Waals surface area contributed by atoms with Gasteiger partial charge in [0.1, 0.15) is 24.1 Å². The molecule has 9 nitrogen and oxygen atoms in total. The SMILES string of the molecule is COc1cc(Cl)c(C)cc1NC(=O)c1ccc(-n2cncn2)c([N+](=O)[O-])c1. The lowest BCUT2D eigenvalue weighted by atomic mass is 10.1. The van der Waals surface area contributed by atoms with Crippen molar-refractivity contribution in [3.05, 3.63) is 69.3 Å². The molecule has 0 bridgehead atoms. The highest BCUT2D eigenvalue weighted by atomic mass is 35.5. The molecule has 0 saturated carbocycles. The van der Waals surface area contributed by atoms with Crippen LogP contribution in [0.25, 0.3) is 5.69 Å². The van der Waals surface area contributed by atoms with E-state index in [-0.39, 0.29) is 16.9 Å². The van der Waals surface area contributed by atoms with Crippen molar-refractivity contribution in [1.29, 1.82) is 0 Å². The van der Waals surface area contributed by atoms with Gasteiger partial charge in [-0.3, -0.25) is 14.9 Å². The molecule has 0 fully saturated rings. The van der Waals surface area contributed by atoms with E-state index in [9.17, 15) is 14.9 Å². The van der Waals surface area contributed by atoms with Crippen molar-refractivity contribution in [3.8, 4) is 11.4 Å². The van der Waals surface area contributed by atoms with Crippen LogP contribution >= 0.6 is 11.6 Å². The lowest BCUT2D eigenvalue weighted by Crippen LogP contribution is -2.14. The predicted octanol–water partition coefficient (Wildman–Crippen LogP) is 3.40. The molecule has 0 aliphatic heterocycles. The molecule has 10 heteroatoms. The summed E-state index contributed by atoms with van der Waals surface area (Å²) in [7, 11) is 1.45. The Morgan fingerprint density at radius 3 is 2.74 bits per heavy atom. The minimum absolute atomic E-state index is 0.111. The summed E-state index contributed by atoms with van der Waals surface area (Å²) in [6.45, 7) is 1.79. The van der Waals surface area contributed by atoms with Gasteiger partial charge in [0.05, 0.1) is 17.7 Å². The quantitative estimate of drug-likeness (QED) is 0.530. The standard InChI is InChI=1S/C17H14ClN5O4/c1-10-5-13(16(27-2)7-12(10)18)21-17(24)11-3-4-14(15(6-11)23(25)26)22-9-19-8-20-22/h3-9H,1-2H3,(H,21,24). The van der Waals surface area contributed by atoms with Gasteiger partial charge in [-0.15, -0.1) is 0 Å². The van der Waals surface area contributed by atoms with E-state index in [4.69, 9.17) is 16.3 Å². The normalized spacial score (nSPS) is 10.5. The largest absolute Gasteiger partial charge is 0.495 e. The van der Waals surface area contributed by atoms with Crippen molar-refractivity contribution >= 4 is 28.9 Å². The molecule has 2 aromatic carbocycles. The Labute approximate surface area is 158 Å². The third-order valence-electron chi connectivity index (χ3n) is 3.83. The number of methoxy groups -OCH3 is 1. The topological polar surface area (TPSA) is 112 Å². The molecule has 1 heterocycles. The average Bonchev–Trinajstić information content (AvgIpc) is 3.18. The van der Waals surface area contributed by atoms with Gasteiger partial charge in [-0.1, -0.05) is 11.6 Å². The van der Waals surface area contributed by atoms with Gasteiger partial charge in [0.15, 0.2) is 0 Å². The fourth-order valence-corrected chi connectivity index (χ4v) is 2.62. The molecule has 0 radical (unpaired) electrons. The van der Waals surface area contributed by atoms with Crippen LogP contribution in [0.1, 0.15) is 15.9 Å². The molecule has 0 saturated heterocycles. The van der Waals surface area contributed by atoms with Crippen LogP contribution in [0, 0.1) is 17.0 Å². The minimum atomic E-state index is -0.583. The molecule has 138 valence electrons. The summed E-state index contributed by atoms with van der Waals surface area (Å²) in [5.74, 6) is -0.143. The first kappa shape index (κ1) is 18.3. The molecule has 27 heavy (non-hydrogen) atoms. The number of benzene rings is 2. The monoisotopic (exact) mass is 387 g/mol. The predicted molar refractivity (Wildman–Crippen MR) is 98.7 cm³/mol. The Balaban J connectivity index is 1.95. The third-order valence-corrected chi connectivity index (χ3v) is 4.24. The maximum absolute atomic E-state index is 12.6. The van der Waals surface area contributed by atoms with E-state index in [0.29, 0.717) is 16.5 Å². The van der Waals surface area contributed by atoms with Gasteiger partial charge in [-0.05, 0) is 30.7 Å². The van der Waals surface area contributed by atoms with Crippen LogP contribution in [0.3, 0.4) is 0 Å². The van der Waals surface area contributed by atoms with Crippen LogP contribution in [0.15, 0.2) is 43.0 Å². The first-order valence-corrected chi connectivity index (χ1v) is 8.07. The maximum Gasteiger partial charge on any atom is 0.295 e. The molecule has 0 unspecified atom stereocenters. The smallest absolute Gasteiger partial charge is 0.295 e. The molecule has 1 N–H and O–H groups in total. The van der Waals surface area contributed by atoms with E-state index in [1.807, 2.05) is 0 Å². The van der Waals surface area contributed by atoms with Crippen LogP contribution < -0.4 is 10.1 Å². The molecule has 0 atom stereocenters. The van der Waals surface area contributed by atoms with Gasteiger partial charge in [-0.25, -0.2) is 9.67 Å². The van der Waals surface area contributed by atoms with Gasteiger partial charge < -0.3 is 10.1 Å². The summed E-state index contributed by atoms with van der Waals surface area (Å²) < 4.78 is 6.48. The van der Waals surface area contributed by atoms with Crippen molar-refractivity contribution in [2.24, 2.45) is 0 Å². The van der Waals surface area contributed by atoms with Crippen LogP contribution in [0.4, 0.5) is 11.4 Å². The highest BCUT2D eigenvalue weighted by Crippen LogP contribution is 2.31. The van der Waals surface area contributed by atoms with Crippen molar-refractivity contribution in [1.82, 2.24) is 14.8 Å². The van der Waals surface area contributed by atoms with Crippen LogP contribution in [0.2, 0.25) is 5.02 Å². The van der Waals surface area contributed by atoms with E-state index in [1.54, 1.807) is 19.1 Å². The fourth-order valence-electron chi connectivity index (χ4n) is 2.46. The Kier molecular flexibility index (Phi) is 5.04. The van der Waals surface area contributed by atoms with Crippen LogP contribution in [-0.2, 0) is 0 Å². The number of amides is 1. The van der Waals surface area contributed by atoms with Gasteiger partial charge in [-0.2, -0.15) is 5.10 Å². The number of nitro benzene ring substituents is 1. The van der Waals surface area contributed by atoms with E-state index in [2.05, 4.69) is 15.4 Å². The number of anilines is 1. The number of hydrogen-bond acceptors (Lipinski definition) is 6. The number of carbonyl (C=O) groups is 1. The van der Waals surface area contributed by atoms with Gasteiger partial charge in [0.2, 0.25) is 0 Å². The fraction of sp³-hybridized carbons (Fsp3) is 0.118. The summed E-state index contributed by atoms with van der Waals surface area (Å²) >= 11 is 6.06. The number of nitrogens with zero attached hydrogens (tertiary/aromatic N) is 4. The molecular weight excluding hydrogens is 374 g/mol. The lowest BCUT2D eigenvalue weighted by Gasteiger charge is -2.12. The third kappa shape index (κ3) is 3.72. The second-order valence-corrected chi connectivity index (χ2v) is 5.96. The molecule has 0 spiro atoms. The highest BCUT2D eigenvalue weighted by molar-refractivity contribution is 6.31. The Morgan fingerprint density at radius 1 is 1.33 bits per heavy atom. The summed E-state index contributed by atoms with van der Waals surface area (Å²) in [6, 6.07) is 7.34. The summed E-state index contributed by atoms with van der Waals surface area (Å²) in [5.41, 5.74) is 1.20. The number of halogens is 1. The Hall–Kier alpha value is -3.46. The van der Waals surface area contributed by atoms with E-state index in [1.165, 1.54) is 42.6 Å². The molecule has 1 aromatic heterocycles. The van der Waals surface area contributed by atoms with Crippen molar-refractivity contribution in [2.75, 3.05) is 12.4 Å². The molecule has 3 aromatic rings. The second kappa shape index (κ2) is 7.42. The van der Waals surface area contributed by atoms with E-state index >= 15 is 0 Å². The number of nitrogens with one attached hydrogen (secondary N) is 1. The number of aromatic nitrogens is 3. The van der Waals surface area contributed by atoms with E-state index in [0.717, 1.165) is 5.56 Å². The van der Waals surface area contributed by atoms with E-state index < -0.39 is 10.8 Å². The first-order chi connectivity index (χ1) is 12.9. The van der Waals surface area contributed by atoms with Gasteiger partial charge >= 0.3 is 0 Å². The second-order valence-electron chi connectivity index (χ2n) is 5.56. The minimum Gasteiger partial charge on any atom is -0.495 e. The summed E-state index contributed by atoms with van der Waals surface area (Å²) in [5, 5.41) is 18.5. The highest BCUT2D eigenvalue weighted by Gasteiger charge is 2.20. The zero-order chi connectivity index (χ0) is 19.6. The number of rotatable bonds is 5. The molecule has 0 aliphatic carbocycles. The Morgan fingerprint density at radius 2 is 2.11 bits per heavy atom. The lowest BCUT2D eigenvalue weighted by molar-refractivity contribution is -0.384. The zero-order valence-electron chi connectivity index (χ0n) is 14.3. The zero-order valence-corrected chi connectivity index (χ0v) is 15.1. The number of nitro groups is 1. The van der Waals surface area contributed by atoms with Crippen LogP contribution in [-0.4, -0.2) is 32.7 Å². The molecule has 3 rings (SSSR count). The van der Waals surface area contributed by atoms with Crippen molar-refractivity contribution in [2.45, 2.75) is 6.92 Å². The average molecular weight is 388 g/mol. The van der Waals surface area contributed by atoms with Crippen LogP contribution in [0.5, 0.6) is 5.75 Å². The number of carbonyl (C=O) groups excluding carboxylic acids is 1. The van der Waals surface area contributed by atoms with Crippen molar-refractivity contribution in [3.63, 3.8) is 0 Å². The number of aryl methyl sites for hydroxylation is 1. The molecular formula is C17H14ClN5O4. The van der Waals surface area contributed by atoms with Gasteiger partial charge in [0, 0.05) is 22.7 Å². The Bertz CT molecular complexity index is 1020. The number of ether oxygens (including phenoxy) is 1. The summed E-state index contributed by atoms with van der Waals surface area (Å²) in [6.07, 6.45) is 2.60. The summed E-state index contributed by atoms with van der Waals surface area (Å²) in [4.78, 5) is 27.2. The first-order valence-electron chi connectivity index (χ1n) is 7.69.